The third-order valence-corrected chi connectivity index (χ3v) is 6.60. The Morgan fingerprint density at radius 1 is 1.17 bits per heavy atom. The van der Waals surface area contributed by atoms with Crippen LogP contribution < -0.4 is 16.4 Å². The highest BCUT2D eigenvalue weighted by atomic mass is 16.6. The summed E-state index contributed by atoms with van der Waals surface area (Å²) in [5, 5.41) is 22.3. The molecule has 218 valence electrons. The van der Waals surface area contributed by atoms with Gasteiger partial charge in [0.1, 0.15) is 12.5 Å². The molecular weight excluding hydrogens is 530 g/mol. The number of nitrogens with one attached hydrogen (secondary N) is 3. The quantitative estimate of drug-likeness (QED) is 0.172. The average Bonchev–Trinajstić information content (AvgIpc) is 3.53. The van der Waals surface area contributed by atoms with E-state index in [1.807, 2.05) is 0 Å². The number of hydrogen-bond donors (Lipinski definition) is 5. The molecule has 12 nitrogen and oxygen atoms in total. The summed E-state index contributed by atoms with van der Waals surface area (Å²) in [6, 6.07) is 15.2. The summed E-state index contributed by atoms with van der Waals surface area (Å²) >= 11 is 0. The van der Waals surface area contributed by atoms with Gasteiger partial charge in [0.15, 0.2) is 12.0 Å². The molecule has 0 saturated carbocycles. The zero-order valence-electron chi connectivity index (χ0n) is 22.6. The van der Waals surface area contributed by atoms with E-state index in [9.17, 15) is 24.3 Å². The number of nitrogens with zero attached hydrogens (tertiary/aromatic N) is 1. The van der Waals surface area contributed by atoms with Gasteiger partial charge in [0.2, 0.25) is 5.91 Å². The molecule has 41 heavy (non-hydrogen) atoms. The van der Waals surface area contributed by atoms with Crippen molar-refractivity contribution in [3.05, 3.63) is 76.9 Å². The van der Waals surface area contributed by atoms with Crippen LogP contribution in [0.2, 0.25) is 0 Å². The lowest BCUT2D eigenvalue weighted by atomic mass is 10.0. The van der Waals surface area contributed by atoms with Crippen LogP contribution in [0.4, 0.5) is 4.79 Å². The van der Waals surface area contributed by atoms with Crippen LogP contribution in [0.1, 0.15) is 36.0 Å². The molecule has 2 aliphatic heterocycles. The van der Waals surface area contributed by atoms with Crippen LogP contribution in [-0.4, -0.2) is 71.7 Å². The van der Waals surface area contributed by atoms with E-state index in [1.54, 1.807) is 30.3 Å². The van der Waals surface area contributed by atoms with Gasteiger partial charge in [-0.3, -0.25) is 10.2 Å². The van der Waals surface area contributed by atoms with Crippen molar-refractivity contribution in [2.24, 2.45) is 5.73 Å². The van der Waals surface area contributed by atoms with Gasteiger partial charge < -0.3 is 30.9 Å². The number of carbonyl (C=O) groups is 3. The molecule has 0 aliphatic carbocycles. The van der Waals surface area contributed by atoms with Crippen molar-refractivity contribution in [1.82, 2.24) is 15.5 Å². The lowest BCUT2D eigenvalue weighted by Gasteiger charge is -2.22. The predicted molar refractivity (Wildman–Crippen MR) is 149 cm³/mol. The first-order chi connectivity index (χ1) is 19.8. The van der Waals surface area contributed by atoms with Crippen LogP contribution in [0.3, 0.4) is 0 Å². The zero-order chi connectivity index (χ0) is 29.6. The van der Waals surface area contributed by atoms with E-state index in [0.29, 0.717) is 13.0 Å². The Balaban J connectivity index is 0.000000382. The van der Waals surface area contributed by atoms with Gasteiger partial charge in [0, 0.05) is 18.5 Å². The molecule has 0 aromatic heterocycles. The Kier molecular flexibility index (Phi) is 12.0. The molecule has 2 atom stereocenters. The largest absolute Gasteiger partial charge is 0.479 e. The van der Waals surface area contributed by atoms with E-state index in [1.165, 1.54) is 17.1 Å². The number of ether oxygens (including phenoxy) is 2. The van der Waals surface area contributed by atoms with Crippen LogP contribution in [0.15, 0.2) is 60.2 Å². The fourth-order valence-electron chi connectivity index (χ4n) is 4.35. The first-order valence-electron chi connectivity index (χ1n) is 13.3. The summed E-state index contributed by atoms with van der Waals surface area (Å²) in [6.07, 6.45) is 1.22. The first kappa shape index (κ1) is 31.0. The number of rotatable bonds is 9. The second-order valence-corrected chi connectivity index (χ2v) is 9.45. The SMILES string of the molecule is N=C(N)N(CCC(=C=O)[C@H](NC(=O)[C@@H]1CCCN1)C(=O)O)C(=O)OCc1ccccc1.c1ccc2c(c1)CCOC2. The minimum absolute atomic E-state index is 0.0535. The summed E-state index contributed by atoms with van der Waals surface area (Å²) in [5.41, 5.74) is 8.68. The number of hydrogen-bond acceptors (Lipinski definition) is 8. The van der Waals surface area contributed by atoms with Crippen molar-refractivity contribution in [2.75, 3.05) is 19.7 Å². The van der Waals surface area contributed by atoms with E-state index in [0.717, 1.165) is 36.5 Å². The summed E-state index contributed by atoms with van der Waals surface area (Å²) in [4.78, 5) is 48.3. The summed E-state index contributed by atoms with van der Waals surface area (Å²) < 4.78 is 10.4. The molecule has 2 aromatic carbocycles. The lowest BCUT2D eigenvalue weighted by Crippen LogP contribution is -2.50. The molecule has 1 fully saturated rings. The minimum Gasteiger partial charge on any atom is -0.479 e. The smallest absolute Gasteiger partial charge is 0.416 e. The minimum atomic E-state index is -1.61. The monoisotopic (exact) mass is 565 g/mol. The number of guanidine groups is 1. The Hall–Kier alpha value is -4.51. The van der Waals surface area contributed by atoms with Crippen molar-refractivity contribution in [1.29, 1.82) is 5.41 Å². The Morgan fingerprint density at radius 3 is 2.49 bits per heavy atom. The Labute approximate surface area is 238 Å². The van der Waals surface area contributed by atoms with Crippen LogP contribution >= 0.6 is 0 Å². The Bertz CT molecular complexity index is 1230. The van der Waals surface area contributed by atoms with Gasteiger partial charge in [-0.1, -0.05) is 54.6 Å². The molecule has 2 amide bonds. The highest BCUT2D eigenvalue weighted by Gasteiger charge is 2.31. The van der Waals surface area contributed by atoms with Crippen LogP contribution in [0.5, 0.6) is 0 Å². The molecule has 2 heterocycles. The standard InChI is InChI=1S/C20H25N5O6.C9H10O/c21-19(22)25(20(30)31-12-13-5-2-1-3-6-13)10-8-14(11-26)16(18(28)29)24-17(27)15-7-4-9-23-15;1-2-4-9-7-10-6-5-8(9)3-1/h1-3,5-6,15-16,23H,4,7-10,12H2,(H3,21,22)(H,24,27)(H,28,29);1-4H,5-7H2/t15-,16-;/m0./s1. The number of aliphatic carboxylic acids is 1. The maximum absolute atomic E-state index is 12.3. The predicted octanol–water partition coefficient (Wildman–Crippen LogP) is 1.75. The van der Waals surface area contributed by atoms with Crippen LogP contribution in [-0.2, 0) is 43.5 Å². The van der Waals surface area contributed by atoms with E-state index in [4.69, 9.17) is 20.6 Å². The van der Waals surface area contributed by atoms with Gasteiger partial charge in [0.05, 0.1) is 19.3 Å². The molecule has 0 bridgehead atoms. The first-order valence-corrected chi connectivity index (χ1v) is 13.3. The van der Waals surface area contributed by atoms with E-state index in [-0.39, 0.29) is 25.1 Å². The normalized spacial score (nSPS) is 16.0. The van der Waals surface area contributed by atoms with Gasteiger partial charge in [-0.2, -0.15) is 0 Å². The topological polar surface area (TPSA) is 184 Å². The third kappa shape index (κ3) is 9.57. The summed E-state index contributed by atoms with van der Waals surface area (Å²) in [5.74, 6) is -1.08. The van der Waals surface area contributed by atoms with Gasteiger partial charge in [-0.05, 0) is 42.5 Å². The van der Waals surface area contributed by atoms with Crippen LogP contribution in [0.25, 0.3) is 0 Å². The van der Waals surface area contributed by atoms with Gasteiger partial charge in [-0.15, -0.1) is 0 Å². The van der Waals surface area contributed by atoms with Crippen molar-refractivity contribution in [3.63, 3.8) is 0 Å². The fourth-order valence-corrected chi connectivity index (χ4v) is 4.35. The zero-order valence-corrected chi connectivity index (χ0v) is 22.6. The highest BCUT2D eigenvalue weighted by molar-refractivity contribution is 5.92. The Morgan fingerprint density at radius 2 is 1.88 bits per heavy atom. The van der Waals surface area contributed by atoms with Crippen molar-refractivity contribution < 1.29 is 33.8 Å². The number of carbonyl (C=O) groups excluding carboxylic acids is 3. The third-order valence-electron chi connectivity index (χ3n) is 6.60. The summed E-state index contributed by atoms with van der Waals surface area (Å²) in [7, 11) is 0. The van der Waals surface area contributed by atoms with E-state index in [2.05, 4.69) is 34.9 Å². The van der Waals surface area contributed by atoms with Gasteiger partial charge >= 0.3 is 12.1 Å². The van der Waals surface area contributed by atoms with Crippen molar-refractivity contribution >= 4 is 29.9 Å². The van der Waals surface area contributed by atoms with Gasteiger partial charge in [-0.25, -0.2) is 19.3 Å². The molecule has 1 saturated heterocycles. The van der Waals surface area contributed by atoms with Crippen molar-refractivity contribution in [3.8, 4) is 0 Å². The van der Waals surface area contributed by atoms with Crippen LogP contribution in [0, 0.1) is 5.41 Å². The number of nitrogens with two attached hydrogens (primary N) is 1. The number of carboxylic acids is 1. The number of amides is 2. The molecular formula is C29H35N5O7. The molecule has 2 aromatic rings. The van der Waals surface area contributed by atoms with Gasteiger partial charge in [0.25, 0.3) is 0 Å². The molecule has 0 unspecified atom stereocenters. The molecule has 4 rings (SSSR count). The number of carboxylic acid groups (broad SMARTS) is 1. The molecule has 6 N–H and O–H groups in total. The second-order valence-electron chi connectivity index (χ2n) is 9.45. The number of fused-ring (bicyclic) bond motifs is 1. The second kappa shape index (κ2) is 15.9. The molecule has 12 heteroatoms. The molecule has 0 spiro atoms. The maximum atomic E-state index is 12.3. The average molecular weight is 566 g/mol. The van der Waals surface area contributed by atoms with Crippen molar-refractivity contribution in [2.45, 2.75) is 51.0 Å². The lowest BCUT2D eigenvalue weighted by molar-refractivity contribution is -0.140. The van der Waals surface area contributed by atoms with E-state index < -0.39 is 36.0 Å². The molecule has 2 aliphatic rings. The molecule has 0 radical (unpaired) electrons. The highest BCUT2D eigenvalue weighted by Crippen LogP contribution is 2.15. The fraction of sp³-hybridized carbons (Fsp3) is 0.379. The van der Waals surface area contributed by atoms with E-state index >= 15 is 0 Å². The maximum Gasteiger partial charge on any atom is 0.416 e. The summed E-state index contributed by atoms with van der Waals surface area (Å²) in [6.45, 7) is 1.98. The number of benzene rings is 2.